The smallest absolute Gasteiger partial charge is 0.156 e. The molecule has 0 aliphatic carbocycles. The van der Waals surface area contributed by atoms with Crippen LogP contribution in [0.1, 0.15) is 18.4 Å². The van der Waals surface area contributed by atoms with Gasteiger partial charge in [0.2, 0.25) is 0 Å². The van der Waals surface area contributed by atoms with E-state index in [1.54, 1.807) is 30.3 Å². The predicted octanol–water partition coefficient (Wildman–Crippen LogP) is 4.26. The third-order valence-electron chi connectivity index (χ3n) is 4.76. The van der Waals surface area contributed by atoms with Gasteiger partial charge in [-0.2, -0.15) is 0 Å². The highest BCUT2D eigenvalue weighted by Crippen LogP contribution is 2.19. The molecule has 0 saturated carbocycles. The molecule has 1 saturated heterocycles. The monoisotopic (exact) mass is 407 g/mol. The second-order valence-electron chi connectivity index (χ2n) is 6.83. The average molecular weight is 408 g/mol. The normalized spacial score (nSPS) is 15.5. The first kappa shape index (κ1) is 22.2. The van der Waals surface area contributed by atoms with Crippen LogP contribution in [0.4, 0.5) is 8.78 Å². The molecule has 28 heavy (non-hydrogen) atoms. The molecule has 1 fully saturated rings. The molecule has 6 heteroatoms. The van der Waals surface area contributed by atoms with Crippen LogP contribution >= 0.6 is 0 Å². The molecule has 0 unspecified atom stereocenters. The third kappa shape index (κ3) is 7.52. The zero-order valence-electron chi connectivity index (χ0n) is 15.9. The Kier molecular flexibility index (Phi) is 8.80. The van der Waals surface area contributed by atoms with Gasteiger partial charge in [0.05, 0.1) is 11.0 Å². The zero-order valence-corrected chi connectivity index (χ0v) is 16.8. The van der Waals surface area contributed by atoms with Crippen LogP contribution in [0.15, 0.2) is 67.3 Å². The summed E-state index contributed by atoms with van der Waals surface area (Å²) in [6.45, 7) is 6.01. The van der Waals surface area contributed by atoms with E-state index in [9.17, 15) is 17.2 Å². The Morgan fingerprint density at radius 1 is 0.964 bits per heavy atom. The maximum Gasteiger partial charge on any atom is 0.156 e. The number of nitrogens with zero attached hydrogens (tertiary/aromatic N) is 1. The van der Waals surface area contributed by atoms with Crippen LogP contribution in [0.2, 0.25) is 0 Å². The van der Waals surface area contributed by atoms with Crippen molar-refractivity contribution in [1.82, 2.24) is 4.90 Å². The molecule has 0 spiro atoms. The van der Waals surface area contributed by atoms with E-state index < -0.39 is 9.84 Å². The molecule has 3 nitrogen and oxygen atoms in total. The molecule has 0 N–H and O–H groups in total. The molecule has 1 aliphatic heterocycles. The van der Waals surface area contributed by atoms with Gasteiger partial charge in [0, 0.05) is 6.54 Å². The molecule has 2 aromatic rings. The molecule has 0 aromatic heterocycles. The minimum absolute atomic E-state index is 0.0766. The van der Waals surface area contributed by atoms with Gasteiger partial charge >= 0.3 is 0 Å². The number of hydrogen-bond acceptors (Lipinski definition) is 3. The number of hydrogen-bond donors (Lipinski definition) is 0. The number of piperidine rings is 1. The summed E-state index contributed by atoms with van der Waals surface area (Å²) in [5.41, 5.74) is 1.11. The second kappa shape index (κ2) is 11.1. The number of sulfone groups is 1. The highest BCUT2D eigenvalue weighted by atomic mass is 32.2. The summed E-state index contributed by atoms with van der Waals surface area (Å²) in [5.74, 6) is -0.317. The summed E-state index contributed by atoms with van der Waals surface area (Å²) in [5, 5.41) is -0.224. The Balaban J connectivity index is 0.000000336. The molecule has 0 atom stereocenters. The summed E-state index contributed by atoms with van der Waals surface area (Å²) in [7, 11) is -3.02. The lowest BCUT2D eigenvalue weighted by atomic mass is 10.1. The van der Waals surface area contributed by atoms with Crippen molar-refractivity contribution < 1.29 is 17.2 Å². The van der Waals surface area contributed by atoms with Gasteiger partial charge in [0.25, 0.3) is 0 Å². The summed E-state index contributed by atoms with van der Waals surface area (Å²) in [6.07, 6.45) is 3.72. The maximum absolute atomic E-state index is 12.8. The van der Waals surface area contributed by atoms with Crippen LogP contribution in [0.3, 0.4) is 0 Å². The summed E-state index contributed by atoms with van der Waals surface area (Å²) in [6, 6.07) is 14.5. The quantitative estimate of drug-likeness (QED) is 0.672. The van der Waals surface area contributed by atoms with E-state index in [-0.39, 0.29) is 22.6 Å². The molecular weight excluding hydrogens is 380 g/mol. The van der Waals surface area contributed by atoms with E-state index in [1.807, 2.05) is 0 Å². The van der Waals surface area contributed by atoms with Crippen LogP contribution in [0.25, 0.3) is 0 Å². The maximum atomic E-state index is 12.8. The molecule has 1 heterocycles. The lowest BCUT2D eigenvalue weighted by Crippen LogP contribution is -2.40. The van der Waals surface area contributed by atoms with Crippen molar-refractivity contribution in [3.05, 3.63) is 84.5 Å². The van der Waals surface area contributed by atoms with Gasteiger partial charge in [-0.15, -0.1) is 6.58 Å². The van der Waals surface area contributed by atoms with E-state index >= 15 is 0 Å². The van der Waals surface area contributed by atoms with Crippen LogP contribution in [-0.2, 0) is 16.3 Å². The van der Waals surface area contributed by atoms with Gasteiger partial charge in [-0.3, -0.25) is 0 Å². The van der Waals surface area contributed by atoms with Gasteiger partial charge < -0.3 is 4.90 Å². The minimum Gasteiger partial charge on any atom is -0.303 e. The molecule has 3 rings (SSSR count). The SMILES string of the molecule is C=CCS(=O)(=O)C1CCN(CCc2ccc(F)cc2)CC1.Fc1ccccc1. The van der Waals surface area contributed by atoms with Crippen molar-refractivity contribution in [1.29, 1.82) is 0 Å². The van der Waals surface area contributed by atoms with Gasteiger partial charge in [-0.25, -0.2) is 17.2 Å². The Labute approximate surface area is 166 Å². The number of benzene rings is 2. The van der Waals surface area contributed by atoms with Crippen molar-refractivity contribution in [2.24, 2.45) is 0 Å². The first-order valence-corrected chi connectivity index (χ1v) is 11.1. The predicted molar refractivity (Wildman–Crippen MR) is 110 cm³/mol. The highest BCUT2D eigenvalue weighted by Gasteiger charge is 2.28. The molecule has 0 bridgehead atoms. The Bertz CT molecular complexity index is 815. The van der Waals surface area contributed by atoms with Crippen molar-refractivity contribution in [2.45, 2.75) is 24.5 Å². The zero-order chi connectivity index (χ0) is 20.4. The Hall–Kier alpha value is -2.05. The first-order valence-electron chi connectivity index (χ1n) is 9.40. The summed E-state index contributed by atoms with van der Waals surface area (Å²) in [4.78, 5) is 2.28. The van der Waals surface area contributed by atoms with Crippen LogP contribution < -0.4 is 0 Å². The molecular formula is C22H27F2NO2S. The second-order valence-corrected chi connectivity index (χ2v) is 9.16. The van der Waals surface area contributed by atoms with Crippen LogP contribution in [0.5, 0.6) is 0 Å². The molecule has 152 valence electrons. The standard InChI is InChI=1S/C16H22FNO2S.C6H5F/c1-2-13-21(19,20)16-8-11-18(12-9-16)10-7-14-3-5-15(17)6-4-14;7-6-4-2-1-3-5-6/h2-6,16H,1,7-13H2;1-5H. The lowest BCUT2D eigenvalue weighted by Gasteiger charge is -2.31. The van der Waals surface area contributed by atoms with E-state index in [4.69, 9.17) is 0 Å². The number of rotatable bonds is 6. The minimum atomic E-state index is -3.02. The van der Waals surface area contributed by atoms with Crippen molar-refractivity contribution in [3.63, 3.8) is 0 Å². The summed E-state index contributed by atoms with van der Waals surface area (Å²) < 4.78 is 48.7. The van der Waals surface area contributed by atoms with Gasteiger partial charge in [0.15, 0.2) is 9.84 Å². The first-order chi connectivity index (χ1) is 13.4. The lowest BCUT2D eigenvalue weighted by molar-refractivity contribution is 0.232. The van der Waals surface area contributed by atoms with E-state index in [1.165, 1.54) is 30.3 Å². The molecule has 2 aromatic carbocycles. The highest BCUT2D eigenvalue weighted by molar-refractivity contribution is 7.92. The summed E-state index contributed by atoms with van der Waals surface area (Å²) >= 11 is 0. The topological polar surface area (TPSA) is 37.4 Å². The van der Waals surface area contributed by atoms with Crippen LogP contribution in [0, 0.1) is 11.6 Å². The van der Waals surface area contributed by atoms with Crippen LogP contribution in [-0.4, -0.2) is 44.0 Å². The number of likely N-dealkylation sites (tertiary alicyclic amines) is 1. The van der Waals surface area contributed by atoms with Crippen molar-refractivity contribution >= 4 is 9.84 Å². The molecule has 1 aliphatic rings. The van der Waals surface area contributed by atoms with Crippen molar-refractivity contribution in [3.8, 4) is 0 Å². The van der Waals surface area contributed by atoms with E-state index in [0.717, 1.165) is 31.6 Å². The van der Waals surface area contributed by atoms with Gasteiger partial charge in [-0.1, -0.05) is 36.4 Å². The van der Waals surface area contributed by atoms with Gasteiger partial charge in [0.1, 0.15) is 11.6 Å². The van der Waals surface area contributed by atoms with E-state index in [0.29, 0.717) is 12.8 Å². The fraction of sp³-hybridized carbons (Fsp3) is 0.364. The fourth-order valence-electron chi connectivity index (χ4n) is 3.15. The molecule has 0 radical (unpaired) electrons. The van der Waals surface area contributed by atoms with Gasteiger partial charge in [-0.05, 0) is 62.2 Å². The van der Waals surface area contributed by atoms with E-state index in [2.05, 4.69) is 11.5 Å². The number of halogens is 2. The molecule has 0 amide bonds. The Morgan fingerprint density at radius 2 is 1.54 bits per heavy atom. The van der Waals surface area contributed by atoms with Crippen molar-refractivity contribution in [2.75, 3.05) is 25.4 Å². The Morgan fingerprint density at radius 3 is 2.04 bits per heavy atom. The fourth-order valence-corrected chi connectivity index (χ4v) is 4.68. The largest absolute Gasteiger partial charge is 0.303 e. The third-order valence-corrected chi connectivity index (χ3v) is 6.94. The average Bonchev–Trinajstić information content (AvgIpc) is 2.69.